The van der Waals surface area contributed by atoms with Crippen molar-refractivity contribution in [3.63, 3.8) is 0 Å². The molecule has 0 atom stereocenters. The molecule has 1 rings (SSSR count). The van der Waals surface area contributed by atoms with Gasteiger partial charge in [-0.1, -0.05) is 0 Å². The van der Waals surface area contributed by atoms with E-state index in [9.17, 15) is 0 Å². The van der Waals surface area contributed by atoms with Crippen LogP contribution in [0.5, 0.6) is 0 Å². The number of nitrogens with zero attached hydrogens (tertiary/aromatic N) is 2. The number of halogens is 1. The molecule has 3 nitrogen and oxygen atoms in total. The maximum absolute atomic E-state index is 5.60. The maximum atomic E-state index is 5.60. The summed E-state index contributed by atoms with van der Waals surface area (Å²) >= 11 is 6.79. The summed E-state index contributed by atoms with van der Waals surface area (Å²) < 4.78 is 0.758. The number of anilines is 1. The van der Waals surface area contributed by atoms with Crippen molar-refractivity contribution in [1.29, 1.82) is 0 Å². The van der Waals surface area contributed by atoms with E-state index in [0.29, 0.717) is 0 Å². The Bertz CT molecular complexity index is 362. The van der Waals surface area contributed by atoms with E-state index in [1.165, 1.54) is 19.4 Å². The standard InChI is InChI=1S/C9H8ClN3.W/c1-11-9(10)13-7-12-8-5-3-2-4-6-8;/h2-6,12H,1H2;/b13-9-;. The van der Waals surface area contributed by atoms with Crippen LogP contribution in [0.4, 0.5) is 5.69 Å². The van der Waals surface area contributed by atoms with E-state index in [0.717, 1.165) is 9.83 Å². The zero-order valence-corrected chi connectivity index (χ0v) is 11.0. The number of benzene rings is 1. The Balaban J connectivity index is 2.63. The van der Waals surface area contributed by atoms with Gasteiger partial charge in [0.05, 0.1) is 0 Å². The summed E-state index contributed by atoms with van der Waals surface area (Å²) in [5.41, 5.74) is 0.981. The Morgan fingerprint density at radius 3 is 2.57 bits per heavy atom. The van der Waals surface area contributed by atoms with Gasteiger partial charge < -0.3 is 0 Å². The van der Waals surface area contributed by atoms with Gasteiger partial charge in [0.1, 0.15) is 0 Å². The second kappa shape index (κ2) is 5.84. The van der Waals surface area contributed by atoms with Gasteiger partial charge in [0.25, 0.3) is 0 Å². The molecule has 1 aromatic carbocycles. The molecule has 0 fully saturated rings. The first-order valence-corrected chi connectivity index (χ1v) is 5.64. The van der Waals surface area contributed by atoms with E-state index in [2.05, 4.69) is 22.0 Å². The summed E-state index contributed by atoms with van der Waals surface area (Å²) in [5.74, 6) is 0. The Kier molecular flexibility index (Phi) is 4.71. The van der Waals surface area contributed by atoms with Crippen LogP contribution in [0.25, 0.3) is 0 Å². The molecule has 0 aromatic heterocycles. The molecule has 1 aromatic rings. The number of hydrogen-bond acceptors (Lipinski definition) is 2. The number of aliphatic imine (C=N–C) groups is 2. The summed E-state index contributed by atoms with van der Waals surface area (Å²) in [6.45, 7) is 3.28. The molecule has 0 radical (unpaired) electrons. The molecule has 1 N–H and O–H groups in total. The Morgan fingerprint density at radius 2 is 2.00 bits per heavy atom. The molecule has 5 heteroatoms. The monoisotopic (exact) mass is 377 g/mol. The van der Waals surface area contributed by atoms with E-state index in [4.69, 9.17) is 11.6 Å². The van der Waals surface area contributed by atoms with Gasteiger partial charge in [-0.05, 0) is 0 Å². The first kappa shape index (κ1) is 11.3. The molecule has 14 heavy (non-hydrogen) atoms. The van der Waals surface area contributed by atoms with E-state index in [-0.39, 0.29) is 5.29 Å². The molecule has 72 valence electrons. The molecule has 0 aliphatic rings. The SMILES string of the molecule is C=N/C(Cl)=N\[C](=[W])Nc1ccccc1. The number of rotatable bonds is 3. The van der Waals surface area contributed by atoms with Crippen molar-refractivity contribution in [2.45, 2.75) is 0 Å². The van der Waals surface area contributed by atoms with Gasteiger partial charge in [-0.2, -0.15) is 0 Å². The van der Waals surface area contributed by atoms with E-state index >= 15 is 0 Å². The van der Waals surface area contributed by atoms with Crippen LogP contribution in [-0.4, -0.2) is 16.2 Å². The third kappa shape index (κ3) is 3.94. The zero-order chi connectivity index (χ0) is 10.4. The summed E-state index contributed by atoms with van der Waals surface area (Å²) in [4.78, 5) is 7.47. The van der Waals surface area contributed by atoms with Crippen LogP contribution in [0.15, 0.2) is 40.3 Å². The zero-order valence-electron chi connectivity index (χ0n) is 7.27. The fraction of sp³-hybridized carbons (Fsp3) is 0. The van der Waals surface area contributed by atoms with E-state index in [1.54, 1.807) is 0 Å². The molecular weight excluding hydrogens is 369 g/mol. The van der Waals surface area contributed by atoms with Crippen LogP contribution in [0.2, 0.25) is 0 Å². The topological polar surface area (TPSA) is 36.8 Å². The molecule has 0 saturated heterocycles. The summed E-state index contributed by atoms with van der Waals surface area (Å²) in [7, 11) is 0. The molecule has 0 aliphatic carbocycles. The Hall–Kier alpha value is -0.792. The molecule has 0 unspecified atom stereocenters. The van der Waals surface area contributed by atoms with Gasteiger partial charge >= 0.3 is 98.4 Å². The van der Waals surface area contributed by atoms with Crippen molar-refractivity contribution in [2.24, 2.45) is 9.98 Å². The summed E-state index contributed by atoms with van der Waals surface area (Å²) in [5, 5.41) is 3.25. The Labute approximate surface area is 98.3 Å². The van der Waals surface area contributed by atoms with E-state index in [1.807, 2.05) is 30.3 Å². The molecule has 0 bridgehead atoms. The van der Waals surface area contributed by atoms with Crippen molar-refractivity contribution in [3.05, 3.63) is 30.3 Å². The first-order chi connectivity index (χ1) is 6.72. The van der Waals surface area contributed by atoms with Gasteiger partial charge in [-0.25, -0.2) is 0 Å². The van der Waals surface area contributed by atoms with Gasteiger partial charge in [0.2, 0.25) is 0 Å². The van der Waals surface area contributed by atoms with E-state index < -0.39 is 0 Å². The molecule has 0 amide bonds. The molecule has 0 saturated carbocycles. The number of para-hydroxylation sites is 1. The minimum atomic E-state index is 0.151. The first-order valence-electron chi connectivity index (χ1n) is 3.79. The number of hydrogen-bond donors (Lipinski definition) is 1. The molecule has 0 aliphatic heterocycles. The predicted octanol–water partition coefficient (Wildman–Crippen LogP) is 2.03. The average molecular weight is 377 g/mol. The van der Waals surface area contributed by atoms with Crippen LogP contribution in [0, 0.1) is 0 Å². The van der Waals surface area contributed by atoms with Crippen molar-refractivity contribution in [3.8, 4) is 0 Å². The molecule has 0 heterocycles. The van der Waals surface area contributed by atoms with Crippen LogP contribution < -0.4 is 5.32 Å². The number of amidine groups is 1. The average Bonchev–Trinajstić information content (AvgIpc) is 2.19. The van der Waals surface area contributed by atoms with Crippen LogP contribution in [-0.2, 0) is 19.4 Å². The van der Waals surface area contributed by atoms with Crippen LogP contribution in [0.3, 0.4) is 0 Å². The van der Waals surface area contributed by atoms with Crippen LogP contribution >= 0.6 is 11.6 Å². The predicted molar refractivity (Wildman–Crippen MR) is 57.9 cm³/mol. The van der Waals surface area contributed by atoms with Crippen molar-refractivity contribution in [2.75, 3.05) is 5.32 Å². The van der Waals surface area contributed by atoms with Crippen molar-refractivity contribution < 1.29 is 19.4 Å². The molecule has 0 spiro atoms. The third-order valence-corrected chi connectivity index (χ3v) is 2.25. The second-order valence-electron chi connectivity index (χ2n) is 2.34. The third-order valence-electron chi connectivity index (χ3n) is 1.35. The summed E-state index contributed by atoms with van der Waals surface area (Å²) in [6.07, 6.45) is 0. The fourth-order valence-electron chi connectivity index (χ4n) is 0.792. The fourth-order valence-corrected chi connectivity index (χ4v) is 1.81. The van der Waals surface area contributed by atoms with Crippen LogP contribution in [0.1, 0.15) is 0 Å². The second-order valence-corrected chi connectivity index (χ2v) is 4.06. The van der Waals surface area contributed by atoms with Crippen molar-refractivity contribution in [1.82, 2.24) is 0 Å². The van der Waals surface area contributed by atoms with Gasteiger partial charge in [-0.15, -0.1) is 0 Å². The number of nitrogens with one attached hydrogen (secondary N) is 1. The normalized spacial score (nSPS) is 10.8. The van der Waals surface area contributed by atoms with Gasteiger partial charge in [0.15, 0.2) is 0 Å². The molecular formula is C9H8ClN3W. The van der Waals surface area contributed by atoms with Gasteiger partial charge in [-0.3, -0.25) is 0 Å². The van der Waals surface area contributed by atoms with Gasteiger partial charge in [0, 0.05) is 0 Å². The summed E-state index contributed by atoms with van der Waals surface area (Å²) in [6, 6.07) is 9.75. The quantitative estimate of drug-likeness (QED) is 0.488. The minimum absolute atomic E-state index is 0.151. The Morgan fingerprint density at radius 1 is 1.36 bits per heavy atom. The van der Waals surface area contributed by atoms with Crippen molar-refractivity contribution >= 4 is 33.4 Å².